The van der Waals surface area contributed by atoms with E-state index in [4.69, 9.17) is 22.1 Å². The molecule has 0 bridgehead atoms. The molecule has 1 unspecified atom stereocenters. The van der Waals surface area contributed by atoms with Crippen molar-refractivity contribution in [3.63, 3.8) is 0 Å². The maximum absolute atomic E-state index is 13.3. The van der Waals surface area contributed by atoms with Crippen molar-refractivity contribution in [2.24, 2.45) is 5.73 Å². The zero-order chi connectivity index (χ0) is 20.4. The summed E-state index contributed by atoms with van der Waals surface area (Å²) in [6.45, 7) is 1.41. The molecule has 2 amide bonds. The smallest absolute Gasteiger partial charge is 0.350 e. The number of hydrogen-bond acceptors (Lipinski definition) is 5. The van der Waals surface area contributed by atoms with Gasteiger partial charge in [0.05, 0.1) is 5.02 Å². The first-order chi connectivity index (χ1) is 13.3. The minimum Gasteiger partial charge on any atom is -0.448 e. The van der Waals surface area contributed by atoms with Crippen molar-refractivity contribution in [2.45, 2.75) is 13.0 Å². The maximum Gasteiger partial charge on any atom is 0.350 e. The second-order valence-electron chi connectivity index (χ2n) is 5.86. The molecule has 2 aromatic carbocycles. The number of hydrogen-bond donors (Lipinski definition) is 2. The molecule has 1 atom stereocenters. The lowest BCUT2D eigenvalue weighted by atomic mass is 10.2. The van der Waals surface area contributed by atoms with Gasteiger partial charge in [0.2, 0.25) is 5.91 Å². The number of amides is 2. The number of thiophene rings is 1. The van der Waals surface area contributed by atoms with Crippen LogP contribution < -0.4 is 11.1 Å². The molecule has 0 aliphatic carbocycles. The number of esters is 1. The Morgan fingerprint density at radius 2 is 1.86 bits per heavy atom. The van der Waals surface area contributed by atoms with Crippen molar-refractivity contribution in [1.82, 2.24) is 0 Å². The van der Waals surface area contributed by atoms with E-state index in [0.717, 1.165) is 11.3 Å². The summed E-state index contributed by atoms with van der Waals surface area (Å²) in [5.41, 5.74) is 5.87. The highest BCUT2D eigenvalue weighted by Gasteiger charge is 2.24. The summed E-state index contributed by atoms with van der Waals surface area (Å²) in [4.78, 5) is 35.8. The predicted octanol–water partition coefficient (Wildman–Crippen LogP) is 3.98. The van der Waals surface area contributed by atoms with E-state index in [1.807, 2.05) is 0 Å². The number of anilines is 1. The number of carbonyl (C=O) groups is 3. The van der Waals surface area contributed by atoms with E-state index < -0.39 is 29.7 Å². The normalized spacial score (nSPS) is 11.8. The highest BCUT2D eigenvalue weighted by Crippen LogP contribution is 2.36. The Hall–Kier alpha value is -2.97. The number of benzene rings is 2. The molecule has 1 heterocycles. The number of halogens is 2. The van der Waals surface area contributed by atoms with Crippen LogP contribution in [-0.4, -0.2) is 23.9 Å². The monoisotopic (exact) mass is 420 g/mol. The van der Waals surface area contributed by atoms with Gasteiger partial charge in [-0.1, -0.05) is 11.6 Å². The third-order valence-corrected chi connectivity index (χ3v) is 5.50. The summed E-state index contributed by atoms with van der Waals surface area (Å²) in [5, 5.41) is 3.25. The van der Waals surface area contributed by atoms with Gasteiger partial charge in [-0.3, -0.25) is 9.59 Å². The van der Waals surface area contributed by atoms with E-state index in [9.17, 15) is 18.8 Å². The number of rotatable bonds is 5. The Bertz CT molecular complexity index is 1080. The van der Waals surface area contributed by atoms with E-state index in [1.165, 1.54) is 49.4 Å². The Morgan fingerprint density at radius 1 is 1.18 bits per heavy atom. The molecule has 0 spiro atoms. The highest BCUT2D eigenvalue weighted by atomic mass is 35.5. The summed E-state index contributed by atoms with van der Waals surface area (Å²) in [5.74, 6) is -2.37. The van der Waals surface area contributed by atoms with Gasteiger partial charge >= 0.3 is 5.97 Å². The molecule has 3 aromatic rings. The molecular formula is C19H14ClFN2O4S. The zero-order valence-electron chi connectivity index (χ0n) is 14.5. The Labute approximate surface area is 168 Å². The van der Waals surface area contributed by atoms with E-state index >= 15 is 0 Å². The molecule has 0 fully saturated rings. The lowest BCUT2D eigenvalue weighted by molar-refractivity contribution is -0.123. The number of carbonyl (C=O) groups excluding carboxylic acids is 3. The molecule has 3 N–H and O–H groups in total. The minimum absolute atomic E-state index is 0.0905. The molecule has 3 rings (SSSR count). The molecule has 0 aliphatic rings. The molecular weight excluding hydrogens is 407 g/mol. The van der Waals surface area contributed by atoms with E-state index in [-0.39, 0.29) is 9.90 Å². The standard InChI is InChI=1S/C19H14ClFN2O4S/c1-9(18(25)23-12-5-2-10(3-6-12)17(22)24)27-19(26)16-15(20)13-7-4-11(21)8-14(13)28-16/h2-9H,1H3,(H2,22,24)(H,23,25). The summed E-state index contributed by atoms with van der Waals surface area (Å²) in [7, 11) is 0. The van der Waals surface area contributed by atoms with Crippen LogP contribution in [0, 0.1) is 5.82 Å². The second-order valence-corrected chi connectivity index (χ2v) is 7.29. The molecule has 9 heteroatoms. The van der Waals surface area contributed by atoms with Crippen LogP contribution in [0.2, 0.25) is 5.02 Å². The first-order valence-corrected chi connectivity index (χ1v) is 9.25. The van der Waals surface area contributed by atoms with E-state index in [0.29, 0.717) is 21.3 Å². The van der Waals surface area contributed by atoms with E-state index in [2.05, 4.69) is 5.32 Å². The second kappa shape index (κ2) is 7.95. The van der Waals surface area contributed by atoms with Crippen molar-refractivity contribution < 1.29 is 23.5 Å². The molecule has 0 radical (unpaired) electrons. The first-order valence-electron chi connectivity index (χ1n) is 8.05. The van der Waals surface area contributed by atoms with Gasteiger partial charge in [0.1, 0.15) is 10.7 Å². The van der Waals surface area contributed by atoms with Crippen molar-refractivity contribution in [3.05, 3.63) is 63.7 Å². The van der Waals surface area contributed by atoms with Crippen molar-refractivity contribution in [3.8, 4) is 0 Å². The fourth-order valence-corrected chi connectivity index (χ4v) is 3.82. The van der Waals surface area contributed by atoms with Crippen LogP contribution in [0.1, 0.15) is 27.0 Å². The van der Waals surface area contributed by atoms with Gasteiger partial charge in [-0.05, 0) is 49.4 Å². The Morgan fingerprint density at radius 3 is 2.50 bits per heavy atom. The van der Waals surface area contributed by atoms with Crippen molar-refractivity contribution in [1.29, 1.82) is 0 Å². The number of fused-ring (bicyclic) bond motifs is 1. The fraction of sp³-hybridized carbons (Fsp3) is 0.105. The summed E-state index contributed by atoms with van der Waals surface area (Å²) >= 11 is 7.17. The molecule has 6 nitrogen and oxygen atoms in total. The lowest BCUT2D eigenvalue weighted by Gasteiger charge is -2.13. The van der Waals surface area contributed by atoms with Crippen LogP contribution in [0.4, 0.5) is 10.1 Å². The molecule has 0 saturated heterocycles. The average Bonchev–Trinajstić information content (AvgIpc) is 2.98. The number of primary amides is 1. The molecule has 28 heavy (non-hydrogen) atoms. The molecule has 0 saturated carbocycles. The molecule has 144 valence electrons. The predicted molar refractivity (Wildman–Crippen MR) is 105 cm³/mol. The summed E-state index contributed by atoms with van der Waals surface area (Å²) in [6, 6.07) is 9.93. The van der Waals surface area contributed by atoms with Gasteiger partial charge in [-0.2, -0.15) is 0 Å². The highest BCUT2D eigenvalue weighted by molar-refractivity contribution is 7.21. The van der Waals surface area contributed by atoms with Crippen LogP contribution in [0.15, 0.2) is 42.5 Å². The minimum atomic E-state index is -1.11. The number of nitrogens with one attached hydrogen (secondary N) is 1. The van der Waals surface area contributed by atoms with Crippen LogP contribution in [-0.2, 0) is 9.53 Å². The number of ether oxygens (including phenoxy) is 1. The molecule has 0 aliphatic heterocycles. The van der Waals surface area contributed by atoms with Crippen LogP contribution in [0.3, 0.4) is 0 Å². The average molecular weight is 421 g/mol. The Balaban J connectivity index is 1.69. The van der Waals surface area contributed by atoms with Gasteiger partial charge in [-0.25, -0.2) is 9.18 Å². The van der Waals surface area contributed by atoms with Gasteiger partial charge < -0.3 is 15.8 Å². The van der Waals surface area contributed by atoms with Gasteiger partial charge in [-0.15, -0.1) is 11.3 Å². The SMILES string of the molecule is CC(OC(=O)c1sc2cc(F)ccc2c1Cl)C(=O)Nc1ccc(C(N)=O)cc1. The van der Waals surface area contributed by atoms with Gasteiger partial charge in [0.15, 0.2) is 6.10 Å². The quantitative estimate of drug-likeness (QED) is 0.610. The Kier molecular flexibility index (Phi) is 5.62. The fourth-order valence-electron chi connectivity index (χ4n) is 2.40. The van der Waals surface area contributed by atoms with Crippen LogP contribution in [0.25, 0.3) is 10.1 Å². The van der Waals surface area contributed by atoms with Crippen molar-refractivity contribution >= 4 is 56.5 Å². The maximum atomic E-state index is 13.3. The zero-order valence-corrected chi connectivity index (χ0v) is 16.1. The topological polar surface area (TPSA) is 98.5 Å². The lowest BCUT2D eigenvalue weighted by Crippen LogP contribution is -2.29. The third-order valence-electron chi connectivity index (χ3n) is 3.87. The van der Waals surface area contributed by atoms with Crippen LogP contribution >= 0.6 is 22.9 Å². The van der Waals surface area contributed by atoms with Crippen molar-refractivity contribution in [2.75, 3.05) is 5.32 Å². The largest absolute Gasteiger partial charge is 0.448 e. The van der Waals surface area contributed by atoms with Gasteiger partial charge in [0.25, 0.3) is 5.91 Å². The molecule has 1 aromatic heterocycles. The van der Waals surface area contributed by atoms with Crippen LogP contribution in [0.5, 0.6) is 0 Å². The third kappa shape index (κ3) is 4.13. The summed E-state index contributed by atoms with van der Waals surface area (Å²) in [6.07, 6.45) is -1.11. The van der Waals surface area contributed by atoms with Gasteiger partial charge in [0, 0.05) is 21.3 Å². The van der Waals surface area contributed by atoms with E-state index in [1.54, 1.807) is 0 Å². The first kappa shape index (κ1) is 19.8. The number of nitrogens with two attached hydrogens (primary N) is 1. The summed E-state index contributed by atoms with van der Waals surface area (Å²) < 4.78 is 19.0.